The topological polar surface area (TPSA) is 104 Å². The van der Waals surface area contributed by atoms with Crippen molar-refractivity contribution in [3.63, 3.8) is 0 Å². The van der Waals surface area contributed by atoms with E-state index in [1.807, 2.05) is 31.3 Å². The summed E-state index contributed by atoms with van der Waals surface area (Å²) in [6.07, 6.45) is 0.174. The number of hydrogen-bond donors (Lipinski definition) is 3. The van der Waals surface area contributed by atoms with Crippen LogP contribution in [-0.2, 0) is 11.0 Å². The highest BCUT2D eigenvalue weighted by atomic mass is 19.4. The average Bonchev–Trinajstić information content (AvgIpc) is 3.60. The Hall–Kier alpha value is -3.95. The lowest BCUT2D eigenvalue weighted by molar-refractivity contribution is -0.137. The molecule has 1 aliphatic carbocycles. The zero-order chi connectivity index (χ0) is 24.7. The van der Waals surface area contributed by atoms with Crippen LogP contribution in [0.25, 0.3) is 5.57 Å². The van der Waals surface area contributed by atoms with E-state index < -0.39 is 11.7 Å². The van der Waals surface area contributed by atoms with E-state index in [0.717, 1.165) is 47.4 Å². The Morgan fingerprint density at radius 3 is 2.62 bits per heavy atom. The van der Waals surface area contributed by atoms with Crippen molar-refractivity contribution in [3.05, 3.63) is 65.4 Å². The molecule has 2 aromatic rings. The lowest BCUT2D eigenvalue weighted by Gasteiger charge is -2.21. The number of alkyl halides is 3. The molecule has 1 aliphatic heterocycles. The van der Waals surface area contributed by atoms with Crippen LogP contribution in [0.1, 0.15) is 36.0 Å². The van der Waals surface area contributed by atoms with Crippen LogP contribution < -0.4 is 16.4 Å². The Labute approximate surface area is 195 Å². The number of amides is 1. The standard InChI is InChI=1S/C23H22F3N5.CH3NO/c1-14-6-9-19-15(13-28-22(27-2)30-17-7-8-17)11-21(31-20(19)10-14)29-18-5-3-4-16(12-18)23(24,25)26;2-1-3/h3-6,9-10,12-13,17H,2,7-8,11H2,1H3,(H,28,30)(H,29,31);1H,(H2,2,3)/b15-13+;. The zero-order valence-corrected chi connectivity index (χ0v) is 18.6. The van der Waals surface area contributed by atoms with Gasteiger partial charge < -0.3 is 16.4 Å². The van der Waals surface area contributed by atoms with Gasteiger partial charge in [-0.3, -0.25) is 4.79 Å². The van der Waals surface area contributed by atoms with Crippen LogP contribution in [0.15, 0.2) is 63.6 Å². The predicted octanol–water partition coefficient (Wildman–Crippen LogP) is 4.81. The SMILES string of the molecule is C=NC(=NC1CC1)N/C=C1\CC(Nc2cccc(C(F)(F)F)c2)=Nc2cc(C)ccc21.NC=O. The van der Waals surface area contributed by atoms with E-state index in [1.54, 1.807) is 6.07 Å². The number of primary amides is 1. The molecule has 0 spiro atoms. The number of anilines is 1. The number of aliphatic imine (C=N–C) groups is 3. The molecular weight excluding hydrogens is 445 g/mol. The molecule has 10 heteroatoms. The van der Waals surface area contributed by atoms with Crippen LogP contribution >= 0.6 is 0 Å². The molecule has 1 fully saturated rings. The molecule has 7 nitrogen and oxygen atoms in total. The summed E-state index contributed by atoms with van der Waals surface area (Å²) in [5, 5.41) is 6.15. The highest BCUT2D eigenvalue weighted by molar-refractivity contribution is 6.07. The van der Waals surface area contributed by atoms with Crippen LogP contribution in [0, 0.1) is 6.92 Å². The molecule has 1 amide bonds. The number of benzene rings is 2. The molecule has 178 valence electrons. The van der Waals surface area contributed by atoms with Crippen LogP contribution in [0.2, 0.25) is 0 Å². The molecule has 0 aromatic heterocycles. The van der Waals surface area contributed by atoms with Gasteiger partial charge in [-0.05, 0) is 61.9 Å². The summed E-state index contributed by atoms with van der Waals surface area (Å²) in [5.41, 5.74) is 7.45. The molecule has 2 aliphatic rings. The summed E-state index contributed by atoms with van der Waals surface area (Å²) in [5.74, 6) is 1.01. The molecule has 0 saturated heterocycles. The van der Waals surface area contributed by atoms with Crippen molar-refractivity contribution in [2.45, 2.75) is 38.4 Å². The summed E-state index contributed by atoms with van der Waals surface area (Å²) in [6, 6.07) is 11.3. The Balaban J connectivity index is 0.00000103. The highest BCUT2D eigenvalue weighted by Gasteiger charge is 2.30. The van der Waals surface area contributed by atoms with Gasteiger partial charge in [-0.25, -0.2) is 15.0 Å². The van der Waals surface area contributed by atoms with E-state index in [1.165, 1.54) is 6.07 Å². The molecule has 34 heavy (non-hydrogen) atoms. The number of hydrogen-bond acceptors (Lipinski definition) is 4. The first kappa shape index (κ1) is 24.7. The fourth-order valence-electron chi connectivity index (χ4n) is 3.26. The third-order valence-electron chi connectivity index (χ3n) is 4.97. The van der Waals surface area contributed by atoms with Crippen molar-refractivity contribution < 1.29 is 18.0 Å². The van der Waals surface area contributed by atoms with Gasteiger partial charge in [0.2, 0.25) is 12.4 Å². The lowest BCUT2D eigenvalue weighted by atomic mass is 9.97. The molecule has 0 bridgehead atoms. The monoisotopic (exact) mass is 470 g/mol. The molecule has 1 saturated carbocycles. The van der Waals surface area contributed by atoms with E-state index in [4.69, 9.17) is 4.79 Å². The molecular formula is C24H25F3N6O. The second-order valence-electron chi connectivity index (χ2n) is 7.75. The Morgan fingerprint density at radius 2 is 1.97 bits per heavy atom. The first-order chi connectivity index (χ1) is 16.2. The Bertz CT molecular complexity index is 1150. The van der Waals surface area contributed by atoms with Crippen molar-refractivity contribution in [2.24, 2.45) is 20.7 Å². The van der Waals surface area contributed by atoms with Crippen molar-refractivity contribution in [2.75, 3.05) is 5.32 Å². The van der Waals surface area contributed by atoms with Gasteiger partial charge in [0.15, 0.2) is 0 Å². The van der Waals surface area contributed by atoms with Crippen LogP contribution in [-0.4, -0.2) is 31.0 Å². The number of aryl methyl sites for hydroxylation is 1. The molecule has 4 N–H and O–H groups in total. The largest absolute Gasteiger partial charge is 0.416 e. The fraction of sp³-hybridized carbons (Fsp3) is 0.250. The van der Waals surface area contributed by atoms with E-state index in [9.17, 15) is 13.2 Å². The van der Waals surface area contributed by atoms with Crippen molar-refractivity contribution >= 4 is 41.9 Å². The first-order valence-electron chi connectivity index (χ1n) is 10.5. The minimum absolute atomic E-state index is 0.250. The summed E-state index contributed by atoms with van der Waals surface area (Å²) >= 11 is 0. The van der Waals surface area contributed by atoms with Gasteiger partial charge in [0.1, 0.15) is 5.84 Å². The summed E-state index contributed by atoms with van der Waals surface area (Å²) in [6.45, 7) is 5.53. The van der Waals surface area contributed by atoms with E-state index in [-0.39, 0.29) is 6.41 Å². The van der Waals surface area contributed by atoms with Gasteiger partial charge in [0.05, 0.1) is 17.3 Å². The molecule has 0 radical (unpaired) electrons. The molecule has 0 atom stereocenters. The molecule has 1 heterocycles. The number of nitrogens with one attached hydrogen (secondary N) is 2. The number of guanidine groups is 1. The maximum atomic E-state index is 13.1. The minimum Gasteiger partial charge on any atom is -0.372 e. The van der Waals surface area contributed by atoms with Gasteiger partial charge in [0.25, 0.3) is 0 Å². The van der Waals surface area contributed by atoms with Gasteiger partial charge in [-0.15, -0.1) is 0 Å². The Kier molecular flexibility index (Phi) is 7.83. The maximum Gasteiger partial charge on any atom is 0.416 e. The van der Waals surface area contributed by atoms with Gasteiger partial charge in [0, 0.05) is 23.9 Å². The third kappa shape index (κ3) is 6.77. The summed E-state index contributed by atoms with van der Waals surface area (Å²) in [4.78, 5) is 21.6. The fourth-order valence-corrected chi connectivity index (χ4v) is 3.26. The highest BCUT2D eigenvalue weighted by Crippen LogP contribution is 2.35. The van der Waals surface area contributed by atoms with Gasteiger partial charge >= 0.3 is 6.18 Å². The van der Waals surface area contributed by atoms with Crippen molar-refractivity contribution in [3.8, 4) is 0 Å². The van der Waals surface area contributed by atoms with E-state index in [0.29, 0.717) is 29.9 Å². The smallest absolute Gasteiger partial charge is 0.372 e. The van der Waals surface area contributed by atoms with Crippen molar-refractivity contribution in [1.82, 2.24) is 5.32 Å². The minimum atomic E-state index is -4.40. The van der Waals surface area contributed by atoms with Crippen LogP contribution in [0.4, 0.5) is 24.5 Å². The quantitative estimate of drug-likeness (QED) is 0.341. The first-order valence-corrected chi connectivity index (χ1v) is 10.5. The van der Waals surface area contributed by atoms with Gasteiger partial charge in [-0.2, -0.15) is 13.2 Å². The number of carbonyl (C=O) groups is 1. The number of halogens is 3. The number of carbonyl (C=O) groups excluding carboxylic acids is 1. The second-order valence-corrected chi connectivity index (χ2v) is 7.75. The number of nitrogens with two attached hydrogens (primary N) is 1. The second kappa shape index (κ2) is 10.8. The normalized spacial score (nSPS) is 16.5. The maximum absolute atomic E-state index is 13.1. The average molecular weight is 470 g/mol. The number of amidine groups is 1. The molecule has 2 aromatic carbocycles. The number of fused-ring (bicyclic) bond motifs is 1. The van der Waals surface area contributed by atoms with Crippen molar-refractivity contribution in [1.29, 1.82) is 0 Å². The number of rotatable bonds is 3. The number of nitrogens with zero attached hydrogens (tertiary/aromatic N) is 3. The predicted molar refractivity (Wildman–Crippen MR) is 129 cm³/mol. The van der Waals surface area contributed by atoms with E-state index in [2.05, 4.69) is 38.1 Å². The Morgan fingerprint density at radius 1 is 1.24 bits per heavy atom. The lowest BCUT2D eigenvalue weighted by Crippen LogP contribution is -2.20. The molecule has 4 rings (SSSR count). The summed E-state index contributed by atoms with van der Waals surface area (Å²) < 4.78 is 39.2. The summed E-state index contributed by atoms with van der Waals surface area (Å²) in [7, 11) is 0. The van der Waals surface area contributed by atoms with Gasteiger partial charge in [-0.1, -0.05) is 18.2 Å². The third-order valence-corrected chi connectivity index (χ3v) is 4.97. The molecule has 0 unspecified atom stereocenters. The van der Waals surface area contributed by atoms with Crippen LogP contribution in [0.5, 0.6) is 0 Å². The van der Waals surface area contributed by atoms with Crippen LogP contribution in [0.3, 0.4) is 0 Å². The van der Waals surface area contributed by atoms with E-state index >= 15 is 0 Å². The zero-order valence-electron chi connectivity index (χ0n) is 18.6.